The molecule has 1 unspecified atom stereocenters. The van der Waals surface area contributed by atoms with E-state index in [1.807, 2.05) is 13.8 Å². The van der Waals surface area contributed by atoms with Crippen LogP contribution < -0.4 is 0 Å². The molecule has 1 aromatic carbocycles. The second kappa shape index (κ2) is 6.16. The Kier molecular flexibility index (Phi) is 4.73. The predicted molar refractivity (Wildman–Crippen MR) is 72.5 cm³/mol. The van der Waals surface area contributed by atoms with Crippen LogP contribution in [0.1, 0.15) is 19.4 Å². The smallest absolute Gasteiger partial charge is 0.162 e. The number of hydrogen-bond acceptors (Lipinski definition) is 3. The largest absolute Gasteiger partial charge is 0.391 e. The molecule has 0 spiro atoms. The van der Waals surface area contributed by atoms with E-state index in [-0.39, 0.29) is 12.0 Å². The van der Waals surface area contributed by atoms with Gasteiger partial charge < -0.3 is 9.84 Å². The van der Waals surface area contributed by atoms with Crippen molar-refractivity contribution in [2.75, 3.05) is 26.3 Å². The standard InChI is InChI=1S/C15H21F2NO2/c1-15(2,18-6-8-20-9-7-18)13(19)10-11-4-3-5-12(16)14(11)17/h3-5,13,19H,6-10H2,1-2H3. The Morgan fingerprint density at radius 3 is 2.60 bits per heavy atom. The van der Waals surface area contributed by atoms with Crippen molar-refractivity contribution in [3.8, 4) is 0 Å². The first-order chi connectivity index (χ1) is 9.43. The highest BCUT2D eigenvalue weighted by Crippen LogP contribution is 2.24. The van der Waals surface area contributed by atoms with Crippen LogP contribution in [0.15, 0.2) is 18.2 Å². The fraction of sp³-hybridized carbons (Fsp3) is 0.600. The number of ether oxygens (including phenoxy) is 1. The van der Waals surface area contributed by atoms with Gasteiger partial charge in [0.05, 0.1) is 19.3 Å². The zero-order valence-corrected chi connectivity index (χ0v) is 11.9. The van der Waals surface area contributed by atoms with Crippen molar-refractivity contribution in [1.82, 2.24) is 4.90 Å². The van der Waals surface area contributed by atoms with E-state index in [4.69, 9.17) is 4.74 Å². The van der Waals surface area contributed by atoms with E-state index >= 15 is 0 Å². The molecule has 1 aliphatic heterocycles. The normalized spacial score (nSPS) is 19.1. The van der Waals surface area contributed by atoms with E-state index in [1.54, 1.807) is 0 Å². The summed E-state index contributed by atoms with van der Waals surface area (Å²) in [6.45, 7) is 6.56. The molecule has 1 heterocycles. The molecule has 1 N–H and O–H groups in total. The molecular formula is C15H21F2NO2. The topological polar surface area (TPSA) is 32.7 Å². The van der Waals surface area contributed by atoms with Gasteiger partial charge in [0.25, 0.3) is 0 Å². The number of aliphatic hydroxyl groups is 1. The maximum absolute atomic E-state index is 13.7. The Morgan fingerprint density at radius 2 is 1.95 bits per heavy atom. The van der Waals surface area contributed by atoms with Gasteiger partial charge in [-0.1, -0.05) is 12.1 Å². The van der Waals surface area contributed by atoms with Crippen molar-refractivity contribution >= 4 is 0 Å². The monoisotopic (exact) mass is 285 g/mol. The third kappa shape index (κ3) is 3.16. The van der Waals surface area contributed by atoms with Crippen LogP contribution in [0.4, 0.5) is 8.78 Å². The van der Waals surface area contributed by atoms with E-state index in [9.17, 15) is 13.9 Å². The summed E-state index contributed by atoms with van der Waals surface area (Å²) in [6.07, 6.45) is -0.689. The highest BCUT2D eigenvalue weighted by atomic mass is 19.2. The second-order valence-electron chi connectivity index (χ2n) is 5.69. The molecule has 20 heavy (non-hydrogen) atoms. The Hall–Kier alpha value is -1.04. The van der Waals surface area contributed by atoms with Crippen LogP contribution >= 0.6 is 0 Å². The fourth-order valence-electron chi connectivity index (χ4n) is 2.51. The zero-order valence-electron chi connectivity index (χ0n) is 11.9. The molecule has 2 rings (SSSR count). The minimum atomic E-state index is -0.876. The van der Waals surface area contributed by atoms with Crippen molar-refractivity contribution < 1.29 is 18.6 Å². The zero-order chi connectivity index (χ0) is 14.8. The number of benzene rings is 1. The van der Waals surface area contributed by atoms with Gasteiger partial charge in [0.1, 0.15) is 0 Å². The van der Waals surface area contributed by atoms with Gasteiger partial charge in [-0.3, -0.25) is 4.90 Å². The first-order valence-corrected chi connectivity index (χ1v) is 6.86. The third-order valence-electron chi connectivity index (χ3n) is 4.09. The molecule has 0 amide bonds. The van der Waals surface area contributed by atoms with Crippen LogP contribution in [0.2, 0.25) is 0 Å². The summed E-state index contributed by atoms with van der Waals surface area (Å²) in [6, 6.07) is 4.05. The minimum Gasteiger partial charge on any atom is -0.391 e. The number of nitrogens with zero attached hydrogens (tertiary/aromatic N) is 1. The number of rotatable bonds is 4. The lowest BCUT2D eigenvalue weighted by Crippen LogP contribution is -2.56. The van der Waals surface area contributed by atoms with Gasteiger partial charge in [-0.25, -0.2) is 8.78 Å². The summed E-state index contributed by atoms with van der Waals surface area (Å²) in [7, 11) is 0. The second-order valence-corrected chi connectivity index (χ2v) is 5.69. The molecule has 1 aliphatic rings. The number of morpholine rings is 1. The van der Waals surface area contributed by atoms with Crippen LogP contribution in [-0.4, -0.2) is 48.0 Å². The van der Waals surface area contributed by atoms with Gasteiger partial charge in [0.2, 0.25) is 0 Å². The van der Waals surface area contributed by atoms with Crippen LogP contribution in [0.3, 0.4) is 0 Å². The Labute approximate surface area is 118 Å². The number of hydrogen-bond donors (Lipinski definition) is 1. The summed E-state index contributed by atoms with van der Waals surface area (Å²) >= 11 is 0. The summed E-state index contributed by atoms with van der Waals surface area (Å²) < 4.78 is 32.2. The van der Waals surface area contributed by atoms with Gasteiger partial charge >= 0.3 is 0 Å². The lowest BCUT2D eigenvalue weighted by atomic mass is 9.89. The van der Waals surface area contributed by atoms with Gasteiger partial charge in [-0.05, 0) is 25.5 Å². The third-order valence-corrected chi connectivity index (χ3v) is 4.09. The first-order valence-electron chi connectivity index (χ1n) is 6.86. The molecule has 112 valence electrons. The SMILES string of the molecule is CC(C)(C(O)Cc1cccc(F)c1F)N1CCOCC1. The maximum Gasteiger partial charge on any atom is 0.162 e. The summed E-state index contributed by atoms with van der Waals surface area (Å²) in [4.78, 5) is 2.12. The average Bonchev–Trinajstić information content (AvgIpc) is 2.44. The number of aliphatic hydroxyl groups excluding tert-OH is 1. The molecule has 1 atom stereocenters. The molecule has 1 aromatic rings. The summed E-state index contributed by atoms with van der Waals surface area (Å²) in [5.74, 6) is -1.75. The van der Waals surface area contributed by atoms with Crippen molar-refractivity contribution in [3.05, 3.63) is 35.4 Å². The fourth-order valence-corrected chi connectivity index (χ4v) is 2.51. The van der Waals surface area contributed by atoms with Crippen molar-refractivity contribution in [2.24, 2.45) is 0 Å². The maximum atomic E-state index is 13.7. The summed E-state index contributed by atoms with van der Waals surface area (Å²) in [5, 5.41) is 10.4. The molecule has 0 aliphatic carbocycles. The van der Waals surface area contributed by atoms with E-state index in [0.29, 0.717) is 13.2 Å². The van der Waals surface area contributed by atoms with Gasteiger partial charge in [-0.2, -0.15) is 0 Å². The molecule has 1 saturated heterocycles. The van der Waals surface area contributed by atoms with Crippen molar-refractivity contribution in [2.45, 2.75) is 31.9 Å². The number of halogens is 2. The molecule has 0 aromatic heterocycles. The van der Waals surface area contributed by atoms with E-state index < -0.39 is 23.3 Å². The Morgan fingerprint density at radius 1 is 1.30 bits per heavy atom. The van der Waals surface area contributed by atoms with Gasteiger partial charge in [-0.15, -0.1) is 0 Å². The highest BCUT2D eigenvalue weighted by molar-refractivity contribution is 5.20. The van der Waals surface area contributed by atoms with Crippen molar-refractivity contribution in [1.29, 1.82) is 0 Å². The quantitative estimate of drug-likeness (QED) is 0.918. The van der Waals surface area contributed by atoms with Crippen LogP contribution in [0.25, 0.3) is 0 Å². The van der Waals surface area contributed by atoms with Crippen LogP contribution in [0.5, 0.6) is 0 Å². The Balaban J connectivity index is 2.09. The van der Waals surface area contributed by atoms with E-state index in [0.717, 1.165) is 19.2 Å². The molecule has 3 nitrogen and oxygen atoms in total. The van der Waals surface area contributed by atoms with Crippen LogP contribution in [-0.2, 0) is 11.2 Å². The molecule has 0 radical (unpaired) electrons. The minimum absolute atomic E-state index is 0.0912. The lowest BCUT2D eigenvalue weighted by molar-refractivity contribution is -0.0614. The van der Waals surface area contributed by atoms with Gasteiger partial charge in [0, 0.05) is 25.0 Å². The first kappa shape index (κ1) is 15.4. The molecule has 5 heteroatoms. The van der Waals surface area contributed by atoms with Crippen molar-refractivity contribution in [3.63, 3.8) is 0 Å². The average molecular weight is 285 g/mol. The molecule has 1 fully saturated rings. The highest BCUT2D eigenvalue weighted by Gasteiger charge is 2.35. The van der Waals surface area contributed by atoms with E-state index in [2.05, 4.69) is 4.90 Å². The summed E-state index contributed by atoms with van der Waals surface area (Å²) in [5.41, 5.74) is -0.304. The Bertz CT molecular complexity index is 459. The predicted octanol–water partition coefficient (Wildman–Crippen LogP) is 1.98. The lowest BCUT2D eigenvalue weighted by Gasteiger charge is -2.43. The molecular weight excluding hydrogens is 264 g/mol. The molecule has 0 saturated carbocycles. The van der Waals surface area contributed by atoms with Gasteiger partial charge in [0.15, 0.2) is 11.6 Å². The van der Waals surface area contributed by atoms with E-state index in [1.165, 1.54) is 12.1 Å². The van der Waals surface area contributed by atoms with Crippen LogP contribution in [0, 0.1) is 11.6 Å². The molecule has 0 bridgehead atoms.